The quantitative estimate of drug-likeness (QED) is 0.913. The number of halogens is 1. The van der Waals surface area contributed by atoms with Gasteiger partial charge in [-0.3, -0.25) is 9.59 Å². The Morgan fingerprint density at radius 1 is 1.32 bits per heavy atom. The molecule has 0 bridgehead atoms. The third kappa shape index (κ3) is 3.10. The van der Waals surface area contributed by atoms with Crippen molar-refractivity contribution in [1.29, 1.82) is 0 Å². The van der Waals surface area contributed by atoms with Crippen LogP contribution in [-0.2, 0) is 0 Å². The van der Waals surface area contributed by atoms with Gasteiger partial charge in [0.15, 0.2) is 0 Å². The lowest BCUT2D eigenvalue weighted by molar-refractivity contribution is 0.0961. The molecule has 5 nitrogen and oxygen atoms in total. The van der Waals surface area contributed by atoms with Crippen molar-refractivity contribution in [2.75, 3.05) is 12.4 Å². The predicted octanol–water partition coefficient (Wildman–Crippen LogP) is 2.41. The van der Waals surface area contributed by atoms with Gasteiger partial charge in [-0.25, -0.2) is 4.98 Å². The zero-order valence-corrected chi connectivity index (χ0v) is 11.5. The molecule has 1 aromatic heterocycles. The fourth-order valence-electron chi connectivity index (χ4n) is 1.42. The second-order valence-electron chi connectivity index (χ2n) is 3.60. The van der Waals surface area contributed by atoms with E-state index in [1.54, 1.807) is 23.0 Å². The van der Waals surface area contributed by atoms with Crippen molar-refractivity contribution in [3.05, 3.63) is 45.4 Å². The van der Waals surface area contributed by atoms with E-state index < -0.39 is 0 Å². The fourth-order valence-corrected chi connectivity index (χ4v) is 2.11. The number of benzene rings is 1. The molecule has 7 heteroatoms. The summed E-state index contributed by atoms with van der Waals surface area (Å²) in [6.07, 6.45) is 0. The van der Waals surface area contributed by atoms with Crippen LogP contribution in [0.1, 0.15) is 20.8 Å². The largest absolute Gasteiger partial charge is 0.355 e. The first-order valence-corrected chi connectivity index (χ1v) is 6.65. The minimum atomic E-state index is -0.364. The Balaban J connectivity index is 2.24. The van der Waals surface area contributed by atoms with E-state index in [1.165, 1.54) is 24.5 Å². The van der Waals surface area contributed by atoms with E-state index in [0.29, 0.717) is 22.0 Å². The molecule has 2 amide bonds. The summed E-state index contributed by atoms with van der Waals surface area (Å²) in [6, 6.07) is 4.66. The van der Waals surface area contributed by atoms with E-state index >= 15 is 0 Å². The Labute approximate surface area is 118 Å². The van der Waals surface area contributed by atoms with Crippen LogP contribution in [0.2, 0.25) is 5.02 Å². The van der Waals surface area contributed by atoms with Crippen molar-refractivity contribution in [3.63, 3.8) is 0 Å². The highest BCUT2D eigenvalue weighted by molar-refractivity contribution is 7.07. The van der Waals surface area contributed by atoms with Gasteiger partial charge in [-0.05, 0) is 18.2 Å². The molecule has 1 heterocycles. The first kappa shape index (κ1) is 13.5. The van der Waals surface area contributed by atoms with E-state index in [2.05, 4.69) is 15.6 Å². The first-order valence-electron chi connectivity index (χ1n) is 5.33. The number of nitrogens with one attached hydrogen (secondary N) is 2. The normalized spacial score (nSPS) is 10.0. The summed E-state index contributed by atoms with van der Waals surface area (Å²) in [4.78, 5) is 27.3. The van der Waals surface area contributed by atoms with Crippen LogP contribution in [0.4, 0.5) is 5.69 Å². The minimum absolute atomic E-state index is 0.249. The van der Waals surface area contributed by atoms with Crippen molar-refractivity contribution in [2.24, 2.45) is 0 Å². The summed E-state index contributed by atoms with van der Waals surface area (Å²) < 4.78 is 0. The molecule has 98 valence electrons. The van der Waals surface area contributed by atoms with Gasteiger partial charge in [-0.2, -0.15) is 0 Å². The summed E-state index contributed by atoms with van der Waals surface area (Å²) in [5.74, 6) is -0.613. The Morgan fingerprint density at radius 3 is 2.74 bits per heavy atom. The van der Waals surface area contributed by atoms with Crippen LogP contribution >= 0.6 is 22.9 Å². The number of carbonyl (C=O) groups is 2. The average Bonchev–Trinajstić information content (AvgIpc) is 2.94. The van der Waals surface area contributed by atoms with E-state index in [-0.39, 0.29) is 11.8 Å². The van der Waals surface area contributed by atoms with Crippen molar-refractivity contribution in [3.8, 4) is 0 Å². The lowest BCUT2D eigenvalue weighted by Crippen LogP contribution is -2.18. The average molecular weight is 296 g/mol. The molecule has 0 aliphatic carbocycles. The Bertz CT molecular complexity index is 613. The lowest BCUT2D eigenvalue weighted by atomic mass is 10.2. The molecule has 0 saturated heterocycles. The summed E-state index contributed by atoms with van der Waals surface area (Å²) in [5.41, 5.74) is 2.67. The molecule has 2 aromatic rings. The lowest BCUT2D eigenvalue weighted by Gasteiger charge is -2.08. The predicted molar refractivity (Wildman–Crippen MR) is 74.9 cm³/mol. The third-order valence-corrected chi connectivity index (χ3v) is 3.28. The van der Waals surface area contributed by atoms with Gasteiger partial charge in [-0.1, -0.05) is 11.6 Å². The summed E-state index contributed by atoms with van der Waals surface area (Å²) >= 11 is 7.31. The molecule has 0 fully saturated rings. The number of hydrogen-bond donors (Lipinski definition) is 2. The van der Waals surface area contributed by atoms with Crippen LogP contribution in [0, 0.1) is 0 Å². The molecule has 2 rings (SSSR count). The standard InChI is InChI=1S/C12H10ClN3O2S/c1-14-11(17)7-2-3-8(13)9(4-7)16-12(18)10-5-19-6-15-10/h2-6H,1H3,(H,14,17)(H,16,18). The van der Waals surface area contributed by atoms with Gasteiger partial charge in [0.05, 0.1) is 16.2 Å². The fraction of sp³-hybridized carbons (Fsp3) is 0.0833. The van der Waals surface area contributed by atoms with Gasteiger partial charge in [0.2, 0.25) is 0 Å². The summed E-state index contributed by atoms with van der Waals surface area (Å²) in [5, 5.41) is 7.12. The van der Waals surface area contributed by atoms with Gasteiger partial charge in [0.25, 0.3) is 11.8 Å². The molecule has 0 spiro atoms. The number of hydrogen-bond acceptors (Lipinski definition) is 4. The number of aromatic nitrogens is 1. The SMILES string of the molecule is CNC(=O)c1ccc(Cl)c(NC(=O)c2cscn2)c1. The highest BCUT2D eigenvalue weighted by Crippen LogP contribution is 2.23. The smallest absolute Gasteiger partial charge is 0.275 e. The van der Waals surface area contributed by atoms with Crippen LogP contribution in [0.15, 0.2) is 29.1 Å². The Hall–Kier alpha value is -1.92. The van der Waals surface area contributed by atoms with E-state index in [4.69, 9.17) is 11.6 Å². The first-order chi connectivity index (χ1) is 9.11. The van der Waals surface area contributed by atoms with Crippen LogP contribution in [-0.4, -0.2) is 23.8 Å². The maximum Gasteiger partial charge on any atom is 0.275 e. The molecular weight excluding hydrogens is 286 g/mol. The number of carbonyl (C=O) groups excluding carboxylic acids is 2. The molecule has 0 saturated carbocycles. The molecule has 0 aliphatic rings. The molecule has 0 aliphatic heterocycles. The number of amides is 2. The number of anilines is 1. The zero-order chi connectivity index (χ0) is 13.8. The molecule has 0 unspecified atom stereocenters. The summed E-state index contributed by atoms with van der Waals surface area (Å²) in [7, 11) is 1.53. The molecular formula is C12H10ClN3O2S. The van der Waals surface area contributed by atoms with Crippen LogP contribution in [0.3, 0.4) is 0 Å². The highest BCUT2D eigenvalue weighted by atomic mass is 35.5. The number of thiazole rings is 1. The van der Waals surface area contributed by atoms with Gasteiger partial charge < -0.3 is 10.6 Å². The van der Waals surface area contributed by atoms with Crippen molar-refractivity contribution in [2.45, 2.75) is 0 Å². The molecule has 19 heavy (non-hydrogen) atoms. The van der Waals surface area contributed by atoms with Gasteiger partial charge >= 0.3 is 0 Å². The zero-order valence-electron chi connectivity index (χ0n) is 9.94. The second kappa shape index (κ2) is 5.81. The molecule has 1 aromatic carbocycles. The second-order valence-corrected chi connectivity index (χ2v) is 4.73. The van der Waals surface area contributed by atoms with Crippen molar-refractivity contribution in [1.82, 2.24) is 10.3 Å². The van der Waals surface area contributed by atoms with Gasteiger partial charge in [0.1, 0.15) is 5.69 Å². The van der Waals surface area contributed by atoms with Crippen LogP contribution in [0.5, 0.6) is 0 Å². The molecule has 0 radical (unpaired) electrons. The number of rotatable bonds is 3. The third-order valence-electron chi connectivity index (χ3n) is 2.37. The van der Waals surface area contributed by atoms with Gasteiger partial charge in [-0.15, -0.1) is 11.3 Å². The Kier molecular flexibility index (Phi) is 4.13. The monoisotopic (exact) mass is 295 g/mol. The van der Waals surface area contributed by atoms with Crippen LogP contribution in [0.25, 0.3) is 0 Å². The van der Waals surface area contributed by atoms with Crippen LogP contribution < -0.4 is 10.6 Å². The van der Waals surface area contributed by atoms with E-state index in [1.807, 2.05) is 0 Å². The van der Waals surface area contributed by atoms with E-state index in [9.17, 15) is 9.59 Å². The number of nitrogens with zero attached hydrogens (tertiary/aromatic N) is 1. The van der Waals surface area contributed by atoms with Gasteiger partial charge in [0, 0.05) is 18.0 Å². The minimum Gasteiger partial charge on any atom is -0.355 e. The Morgan fingerprint density at radius 2 is 2.11 bits per heavy atom. The van der Waals surface area contributed by atoms with Crippen molar-refractivity contribution >= 4 is 40.4 Å². The maximum absolute atomic E-state index is 11.9. The highest BCUT2D eigenvalue weighted by Gasteiger charge is 2.12. The topological polar surface area (TPSA) is 71.1 Å². The maximum atomic E-state index is 11.9. The molecule has 2 N–H and O–H groups in total. The summed E-state index contributed by atoms with van der Waals surface area (Å²) in [6.45, 7) is 0. The van der Waals surface area contributed by atoms with Crippen molar-refractivity contribution < 1.29 is 9.59 Å². The molecule has 0 atom stereocenters. The van der Waals surface area contributed by atoms with E-state index in [0.717, 1.165) is 0 Å².